The Morgan fingerprint density at radius 2 is 2.00 bits per heavy atom. The number of hydrogen-bond donors (Lipinski definition) is 1. The van der Waals surface area contributed by atoms with Gasteiger partial charge in [0, 0.05) is 0 Å². The lowest BCUT2D eigenvalue weighted by molar-refractivity contribution is 0.465. The molecule has 64 valence electrons. The van der Waals surface area contributed by atoms with Crippen molar-refractivity contribution in [3.63, 3.8) is 0 Å². The molecule has 0 aliphatic carbocycles. The lowest BCUT2D eigenvalue weighted by Crippen LogP contribution is -1.94. The molecule has 0 aliphatic heterocycles. The average molecular weight is 162 g/mol. The molecule has 0 bridgehead atoms. The first-order valence-corrected chi connectivity index (χ1v) is 4.17. The molecule has 1 aromatic rings. The molecule has 1 unspecified atom stereocenters. The number of benzene rings is 1. The predicted molar refractivity (Wildman–Crippen MR) is 51.1 cm³/mol. The molecule has 0 spiro atoms. The molecule has 1 N–H and O–H groups in total. The second-order valence-electron chi connectivity index (χ2n) is 3.01. The molecule has 0 saturated heterocycles. The van der Waals surface area contributed by atoms with E-state index in [4.69, 9.17) is 5.11 Å². The highest BCUT2D eigenvalue weighted by Crippen LogP contribution is 2.08. The van der Waals surface area contributed by atoms with Crippen LogP contribution in [-0.4, -0.2) is 5.11 Å². The minimum Gasteiger partial charge on any atom is -0.516 e. The molecule has 0 amide bonds. The van der Waals surface area contributed by atoms with Gasteiger partial charge >= 0.3 is 0 Å². The highest BCUT2D eigenvalue weighted by atomic mass is 16.2. The lowest BCUT2D eigenvalue weighted by Gasteiger charge is -2.04. The van der Waals surface area contributed by atoms with Crippen LogP contribution < -0.4 is 0 Å². The maximum atomic E-state index is 8.53. The summed E-state index contributed by atoms with van der Waals surface area (Å²) < 4.78 is 0. The van der Waals surface area contributed by atoms with Crippen LogP contribution in [0, 0.1) is 5.92 Å². The number of allylic oxidation sites excluding steroid dienone is 1. The zero-order valence-corrected chi connectivity index (χ0v) is 7.27. The second-order valence-corrected chi connectivity index (χ2v) is 3.01. The van der Waals surface area contributed by atoms with Gasteiger partial charge in [-0.15, -0.1) is 0 Å². The second kappa shape index (κ2) is 4.60. The highest BCUT2D eigenvalue weighted by Gasteiger charge is 1.97. The Morgan fingerprint density at radius 1 is 1.33 bits per heavy atom. The third-order valence-corrected chi connectivity index (χ3v) is 1.82. The Kier molecular flexibility index (Phi) is 3.39. The van der Waals surface area contributed by atoms with E-state index in [0.717, 1.165) is 12.7 Å². The Balaban J connectivity index is 2.52. The molecule has 1 nitrogen and oxygen atoms in total. The number of aliphatic hydroxyl groups excluding tert-OH is 1. The lowest BCUT2D eigenvalue weighted by atomic mass is 10.0. The van der Waals surface area contributed by atoms with Crippen molar-refractivity contribution in [3.8, 4) is 0 Å². The third-order valence-electron chi connectivity index (χ3n) is 1.82. The van der Waals surface area contributed by atoms with E-state index in [-0.39, 0.29) is 0 Å². The fourth-order valence-corrected chi connectivity index (χ4v) is 1.20. The monoisotopic (exact) mass is 162 g/mol. The Labute approximate surface area is 73.4 Å². The van der Waals surface area contributed by atoms with Crippen LogP contribution in [0.15, 0.2) is 42.7 Å². The summed E-state index contributed by atoms with van der Waals surface area (Å²) in [5.74, 6) is 0.400. The van der Waals surface area contributed by atoms with Crippen LogP contribution >= 0.6 is 0 Å². The third kappa shape index (κ3) is 2.79. The first-order chi connectivity index (χ1) is 5.83. The Hall–Kier alpha value is -1.24. The summed E-state index contributed by atoms with van der Waals surface area (Å²) in [4.78, 5) is 0. The topological polar surface area (TPSA) is 20.2 Å². The van der Waals surface area contributed by atoms with Gasteiger partial charge in [-0.25, -0.2) is 0 Å². The van der Waals surface area contributed by atoms with Crippen LogP contribution in [0.4, 0.5) is 0 Å². The van der Waals surface area contributed by atoms with Crippen molar-refractivity contribution in [1.29, 1.82) is 0 Å². The SMILES string of the molecule is CC(C=CO)Cc1ccccc1. The standard InChI is InChI=1S/C11H14O/c1-10(7-8-12)9-11-5-3-2-4-6-11/h2-8,10,12H,9H2,1H3. The molecule has 1 rings (SSSR count). The zero-order valence-electron chi connectivity index (χ0n) is 7.27. The molecule has 0 heterocycles. The van der Waals surface area contributed by atoms with Crippen molar-refractivity contribution in [3.05, 3.63) is 48.2 Å². The summed E-state index contributed by atoms with van der Waals surface area (Å²) in [6.07, 6.45) is 3.90. The van der Waals surface area contributed by atoms with Crippen molar-refractivity contribution in [2.75, 3.05) is 0 Å². The van der Waals surface area contributed by atoms with Gasteiger partial charge in [0.15, 0.2) is 0 Å². The molecular weight excluding hydrogens is 148 g/mol. The minimum absolute atomic E-state index is 0.400. The first-order valence-electron chi connectivity index (χ1n) is 4.17. The zero-order chi connectivity index (χ0) is 8.81. The normalized spacial score (nSPS) is 13.4. The summed E-state index contributed by atoms with van der Waals surface area (Å²) >= 11 is 0. The summed E-state index contributed by atoms with van der Waals surface area (Å²) in [5, 5.41) is 8.53. The van der Waals surface area contributed by atoms with Gasteiger partial charge in [0.2, 0.25) is 0 Å². The molecule has 12 heavy (non-hydrogen) atoms. The van der Waals surface area contributed by atoms with Crippen LogP contribution in [0.3, 0.4) is 0 Å². The van der Waals surface area contributed by atoms with E-state index < -0.39 is 0 Å². The van der Waals surface area contributed by atoms with Crippen molar-refractivity contribution in [2.45, 2.75) is 13.3 Å². The van der Waals surface area contributed by atoms with E-state index in [0.29, 0.717) is 5.92 Å². The van der Waals surface area contributed by atoms with E-state index in [1.807, 2.05) is 18.2 Å². The average Bonchev–Trinajstić information content (AvgIpc) is 2.06. The van der Waals surface area contributed by atoms with E-state index in [1.54, 1.807) is 6.08 Å². The molecule has 0 aromatic heterocycles. The molecule has 0 fully saturated rings. The maximum absolute atomic E-state index is 8.53. The molecule has 0 radical (unpaired) electrons. The van der Waals surface area contributed by atoms with E-state index >= 15 is 0 Å². The Morgan fingerprint density at radius 3 is 2.58 bits per heavy atom. The largest absolute Gasteiger partial charge is 0.516 e. The van der Waals surface area contributed by atoms with E-state index in [9.17, 15) is 0 Å². The van der Waals surface area contributed by atoms with Crippen LogP contribution in [0.5, 0.6) is 0 Å². The van der Waals surface area contributed by atoms with E-state index in [1.165, 1.54) is 5.56 Å². The molecule has 0 saturated carbocycles. The fraction of sp³-hybridized carbons (Fsp3) is 0.273. The molecular formula is C11H14O. The van der Waals surface area contributed by atoms with Gasteiger partial charge in [0.05, 0.1) is 6.26 Å². The van der Waals surface area contributed by atoms with Gasteiger partial charge in [0.1, 0.15) is 0 Å². The first kappa shape index (κ1) is 8.85. The summed E-state index contributed by atoms with van der Waals surface area (Å²) in [6.45, 7) is 2.08. The van der Waals surface area contributed by atoms with Gasteiger partial charge in [-0.1, -0.05) is 37.3 Å². The van der Waals surface area contributed by atoms with E-state index in [2.05, 4.69) is 19.1 Å². The van der Waals surface area contributed by atoms with Crippen molar-refractivity contribution in [2.24, 2.45) is 5.92 Å². The van der Waals surface area contributed by atoms with Crippen LogP contribution in [-0.2, 0) is 6.42 Å². The highest BCUT2D eigenvalue weighted by molar-refractivity contribution is 5.15. The quantitative estimate of drug-likeness (QED) is 0.677. The molecule has 1 atom stereocenters. The summed E-state index contributed by atoms with van der Waals surface area (Å²) in [6, 6.07) is 10.3. The van der Waals surface area contributed by atoms with Crippen molar-refractivity contribution < 1.29 is 5.11 Å². The summed E-state index contributed by atoms with van der Waals surface area (Å²) in [7, 11) is 0. The number of hydrogen-bond acceptors (Lipinski definition) is 1. The maximum Gasteiger partial charge on any atom is 0.0754 e. The minimum atomic E-state index is 0.400. The smallest absolute Gasteiger partial charge is 0.0754 e. The fourth-order valence-electron chi connectivity index (χ4n) is 1.20. The molecule has 0 aliphatic rings. The van der Waals surface area contributed by atoms with Crippen LogP contribution in [0.2, 0.25) is 0 Å². The summed E-state index contributed by atoms with van der Waals surface area (Å²) in [5.41, 5.74) is 1.31. The van der Waals surface area contributed by atoms with Gasteiger partial charge in [-0.2, -0.15) is 0 Å². The molecule has 1 heteroatoms. The van der Waals surface area contributed by atoms with Gasteiger partial charge < -0.3 is 5.11 Å². The van der Waals surface area contributed by atoms with Crippen LogP contribution in [0.25, 0.3) is 0 Å². The van der Waals surface area contributed by atoms with Gasteiger partial charge in [0.25, 0.3) is 0 Å². The van der Waals surface area contributed by atoms with Crippen molar-refractivity contribution in [1.82, 2.24) is 0 Å². The predicted octanol–water partition coefficient (Wildman–Crippen LogP) is 2.94. The molecule has 1 aromatic carbocycles. The van der Waals surface area contributed by atoms with Gasteiger partial charge in [-0.05, 0) is 24.0 Å². The van der Waals surface area contributed by atoms with Crippen LogP contribution in [0.1, 0.15) is 12.5 Å². The number of rotatable bonds is 3. The van der Waals surface area contributed by atoms with Gasteiger partial charge in [-0.3, -0.25) is 0 Å². The van der Waals surface area contributed by atoms with Crippen molar-refractivity contribution >= 4 is 0 Å². The Bertz CT molecular complexity index is 238. The number of aliphatic hydroxyl groups is 1.